The molecular weight excluding hydrogens is 292 g/mol. The smallest absolute Gasteiger partial charge is 0.411 e. The lowest BCUT2D eigenvalue weighted by molar-refractivity contribution is -0.169. The first-order valence-corrected chi connectivity index (χ1v) is 6.08. The molecule has 1 aromatic rings. The van der Waals surface area contributed by atoms with Crippen molar-refractivity contribution in [3.05, 3.63) is 29.6 Å². The van der Waals surface area contributed by atoms with Crippen LogP contribution in [0, 0.1) is 5.82 Å². The number of alkyl halides is 3. The van der Waals surface area contributed by atoms with E-state index in [2.05, 4.69) is 4.74 Å². The Morgan fingerprint density at radius 2 is 2.00 bits per heavy atom. The van der Waals surface area contributed by atoms with Crippen LogP contribution in [0.25, 0.3) is 0 Å². The summed E-state index contributed by atoms with van der Waals surface area (Å²) in [7, 11) is -2.22. The van der Waals surface area contributed by atoms with Crippen LogP contribution in [0.3, 0.4) is 0 Å². The van der Waals surface area contributed by atoms with E-state index < -0.39 is 46.2 Å². The van der Waals surface area contributed by atoms with Crippen molar-refractivity contribution in [1.29, 1.82) is 0 Å². The predicted octanol–water partition coefficient (Wildman–Crippen LogP) is 2.17. The van der Waals surface area contributed by atoms with E-state index in [1.54, 1.807) is 0 Å². The van der Waals surface area contributed by atoms with Gasteiger partial charge in [0.15, 0.2) is 0 Å². The van der Waals surface area contributed by atoms with Gasteiger partial charge in [0.05, 0.1) is 21.3 Å². The number of carboxylic acid groups (broad SMARTS) is 1. The van der Waals surface area contributed by atoms with E-state index in [1.165, 1.54) is 0 Å². The van der Waals surface area contributed by atoms with Gasteiger partial charge in [-0.05, 0) is 18.2 Å². The summed E-state index contributed by atoms with van der Waals surface area (Å²) in [6.45, 7) is -1.61. The van der Waals surface area contributed by atoms with E-state index >= 15 is 0 Å². The molecule has 0 saturated carbocycles. The summed E-state index contributed by atoms with van der Waals surface area (Å²) >= 11 is 0. The minimum absolute atomic E-state index is 0.319. The second-order valence-corrected chi connectivity index (χ2v) is 4.74. The van der Waals surface area contributed by atoms with Gasteiger partial charge in [-0.3, -0.25) is 4.21 Å². The molecule has 0 saturated heterocycles. The first kappa shape index (κ1) is 15.6. The average Bonchev–Trinajstić information content (AvgIpc) is 2.27. The van der Waals surface area contributed by atoms with E-state index in [-0.39, 0.29) is 5.56 Å². The molecule has 0 aliphatic carbocycles. The van der Waals surface area contributed by atoms with Crippen LogP contribution in [-0.4, -0.2) is 34.0 Å². The molecule has 1 rings (SSSR count). The Kier molecular flexibility index (Phi) is 5.01. The molecule has 106 valence electrons. The van der Waals surface area contributed by atoms with Crippen molar-refractivity contribution in [2.75, 3.05) is 12.5 Å². The number of ether oxygens (including phenoxy) is 1. The molecule has 1 N–H and O–H groups in total. The normalized spacial score (nSPS) is 13.3. The van der Waals surface area contributed by atoms with Crippen molar-refractivity contribution in [2.24, 2.45) is 0 Å². The molecule has 0 heterocycles. The molecule has 0 aliphatic rings. The Labute approximate surface area is 107 Å². The van der Waals surface area contributed by atoms with Crippen LogP contribution in [0.1, 0.15) is 10.4 Å². The zero-order valence-corrected chi connectivity index (χ0v) is 10.1. The molecule has 4 nitrogen and oxygen atoms in total. The maximum Gasteiger partial charge on any atom is 0.411 e. The summed E-state index contributed by atoms with van der Waals surface area (Å²) in [6.07, 6.45) is -4.58. The maximum absolute atomic E-state index is 13.3. The van der Waals surface area contributed by atoms with Gasteiger partial charge in [0.1, 0.15) is 18.4 Å². The van der Waals surface area contributed by atoms with E-state index in [1.807, 2.05) is 0 Å². The first-order chi connectivity index (χ1) is 8.70. The van der Waals surface area contributed by atoms with Gasteiger partial charge >= 0.3 is 12.1 Å². The third kappa shape index (κ3) is 4.95. The standard InChI is InChI=1S/C10H8F4O4S/c11-7-2-1-6(9(15)16)3-8(7)19(17)5-18-4-10(12,13)14/h1-3H,4-5H2,(H,15,16). The highest BCUT2D eigenvalue weighted by Gasteiger charge is 2.28. The number of halogens is 4. The Bertz CT molecular complexity index is 501. The number of carbonyl (C=O) groups is 1. The minimum atomic E-state index is -4.58. The third-order valence-corrected chi connectivity index (χ3v) is 3.06. The number of hydrogen-bond acceptors (Lipinski definition) is 3. The topological polar surface area (TPSA) is 63.6 Å². The van der Waals surface area contributed by atoms with Crippen molar-refractivity contribution >= 4 is 16.8 Å². The van der Waals surface area contributed by atoms with Gasteiger partial charge in [0.2, 0.25) is 0 Å². The SMILES string of the molecule is O=C(O)c1ccc(F)c(S(=O)COCC(F)(F)F)c1. The van der Waals surface area contributed by atoms with Gasteiger partial charge in [-0.2, -0.15) is 13.2 Å². The van der Waals surface area contributed by atoms with E-state index in [4.69, 9.17) is 5.11 Å². The summed E-state index contributed by atoms with van der Waals surface area (Å²) < 4.78 is 64.3. The lowest BCUT2D eigenvalue weighted by atomic mass is 10.2. The zero-order chi connectivity index (χ0) is 14.6. The first-order valence-electron chi connectivity index (χ1n) is 4.76. The quantitative estimate of drug-likeness (QED) is 0.846. The molecule has 0 radical (unpaired) electrons. The lowest BCUT2D eigenvalue weighted by Gasteiger charge is -2.08. The molecule has 0 fully saturated rings. The summed E-state index contributed by atoms with van der Waals surface area (Å²) in [6, 6.07) is 2.53. The fourth-order valence-electron chi connectivity index (χ4n) is 1.11. The number of hydrogen-bond donors (Lipinski definition) is 1. The Hall–Kier alpha value is -1.48. The number of benzene rings is 1. The van der Waals surface area contributed by atoms with Crippen LogP contribution in [0.2, 0.25) is 0 Å². The predicted molar refractivity (Wildman–Crippen MR) is 56.6 cm³/mol. The number of aromatic carboxylic acids is 1. The third-order valence-electron chi connectivity index (χ3n) is 1.88. The Balaban J connectivity index is 2.76. The van der Waals surface area contributed by atoms with E-state index in [0.717, 1.165) is 18.2 Å². The Morgan fingerprint density at radius 1 is 1.37 bits per heavy atom. The highest BCUT2D eigenvalue weighted by atomic mass is 32.2. The average molecular weight is 300 g/mol. The van der Waals surface area contributed by atoms with Crippen molar-refractivity contribution in [1.82, 2.24) is 0 Å². The van der Waals surface area contributed by atoms with Crippen LogP contribution in [0.5, 0.6) is 0 Å². The van der Waals surface area contributed by atoms with Gasteiger partial charge in [-0.15, -0.1) is 0 Å². The van der Waals surface area contributed by atoms with E-state index in [9.17, 15) is 26.6 Å². The van der Waals surface area contributed by atoms with Crippen LogP contribution in [0.4, 0.5) is 17.6 Å². The highest BCUT2D eigenvalue weighted by Crippen LogP contribution is 2.18. The minimum Gasteiger partial charge on any atom is -0.478 e. The van der Waals surface area contributed by atoms with Gasteiger partial charge in [0, 0.05) is 0 Å². The van der Waals surface area contributed by atoms with Gasteiger partial charge in [0.25, 0.3) is 0 Å². The van der Waals surface area contributed by atoms with Crippen molar-refractivity contribution in [3.63, 3.8) is 0 Å². The molecule has 0 aromatic heterocycles. The number of carboxylic acids is 1. The van der Waals surface area contributed by atoms with Crippen molar-refractivity contribution in [3.8, 4) is 0 Å². The highest BCUT2D eigenvalue weighted by molar-refractivity contribution is 7.84. The Morgan fingerprint density at radius 3 is 2.53 bits per heavy atom. The zero-order valence-electron chi connectivity index (χ0n) is 9.24. The van der Waals surface area contributed by atoms with Crippen molar-refractivity contribution < 1.29 is 36.4 Å². The summed E-state index contributed by atoms with van der Waals surface area (Å²) in [5.41, 5.74) is -0.319. The van der Waals surface area contributed by atoms with Gasteiger partial charge in [-0.25, -0.2) is 9.18 Å². The van der Waals surface area contributed by atoms with Gasteiger partial charge < -0.3 is 9.84 Å². The van der Waals surface area contributed by atoms with Crippen LogP contribution >= 0.6 is 0 Å². The molecule has 0 amide bonds. The summed E-state index contributed by atoms with van der Waals surface area (Å²) in [5, 5.41) is 8.66. The maximum atomic E-state index is 13.3. The second kappa shape index (κ2) is 6.11. The van der Waals surface area contributed by atoms with E-state index in [0.29, 0.717) is 0 Å². The molecule has 19 heavy (non-hydrogen) atoms. The fourth-order valence-corrected chi connectivity index (χ4v) is 2.01. The fraction of sp³-hybridized carbons (Fsp3) is 0.300. The summed E-state index contributed by atoms with van der Waals surface area (Å²) in [4.78, 5) is 10.1. The monoisotopic (exact) mass is 300 g/mol. The van der Waals surface area contributed by atoms with Crippen LogP contribution in [-0.2, 0) is 15.5 Å². The molecule has 0 spiro atoms. The molecule has 1 aromatic carbocycles. The molecule has 0 bridgehead atoms. The molecule has 0 aliphatic heterocycles. The molecule has 1 atom stereocenters. The molecule has 9 heteroatoms. The van der Waals surface area contributed by atoms with Crippen LogP contribution in [0.15, 0.2) is 23.1 Å². The van der Waals surface area contributed by atoms with Crippen molar-refractivity contribution in [2.45, 2.75) is 11.1 Å². The second-order valence-electron chi connectivity index (χ2n) is 3.38. The van der Waals surface area contributed by atoms with Gasteiger partial charge in [-0.1, -0.05) is 0 Å². The van der Waals surface area contributed by atoms with Crippen LogP contribution < -0.4 is 0 Å². The lowest BCUT2D eigenvalue weighted by Crippen LogP contribution is -2.19. The molecular formula is C10H8F4O4S. The summed E-state index contributed by atoms with van der Waals surface area (Å²) in [5.74, 6) is -3.21. The largest absolute Gasteiger partial charge is 0.478 e. The molecule has 1 unspecified atom stereocenters. The number of rotatable bonds is 5.